The van der Waals surface area contributed by atoms with Gasteiger partial charge in [-0.3, -0.25) is 9.59 Å². The molecule has 1 aromatic carbocycles. The Balaban J connectivity index is 1.99. The molecule has 2 atom stereocenters. The van der Waals surface area contributed by atoms with E-state index < -0.39 is 17.7 Å². The van der Waals surface area contributed by atoms with Gasteiger partial charge in [0.1, 0.15) is 11.6 Å². The highest BCUT2D eigenvalue weighted by Crippen LogP contribution is 2.24. The van der Waals surface area contributed by atoms with Crippen molar-refractivity contribution in [3.05, 3.63) is 66.7 Å². The van der Waals surface area contributed by atoms with Crippen LogP contribution in [-0.4, -0.2) is 53.9 Å². The van der Waals surface area contributed by atoms with Crippen LogP contribution in [0, 0.1) is 5.92 Å². The number of amides is 2. The number of carbonyl (C=O) groups excluding carboxylic acids is 2. The first-order chi connectivity index (χ1) is 15.8. The highest BCUT2D eigenvalue weighted by atomic mass is 19.1. The number of primary amides is 1. The van der Waals surface area contributed by atoms with E-state index in [1.807, 2.05) is 43.0 Å². The first-order valence-corrected chi connectivity index (χ1v) is 11.5. The van der Waals surface area contributed by atoms with Crippen molar-refractivity contribution in [3.63, 3.8) is 0 Å². The molecule has 2 N–H and O–H groups in total. The van der Waals surface area contributed by atoms with Crippen LogP contribution in [0.1, 0.15) is 38.7 Å². The maximum Gasteiger partial charge on any atom is 0.226 e. The molecule has 1 saturated heterocycles. The summed E-state index contributed by atoms with van der Waals surface area (Å²) in [5.74, 6) is -0.702. The molecule has 0 radical (unpaired) electrons. The van der Waals surface area contributed by atoms with Crippen LogP contribution in [0.25, 0.3) is 0 Å². The summed E-state index contributed by atoms with van der Waals surface area (Å²) in [7, 11) is 0. The smallest absolute Gasteiger partial charge is 0.226 e. The molecule has 1 aliphatic rings. The van der Waals surface area contributed by atoms with Crippen LogP contribution in [0.5, 0.6) is 5.75 Å². The minimum atomic E-state index is -0.525. The van der Waals surface area contributed by atoms with Crippen LogP contribution < -0.4 is 10.5 Å². The Kier molecular flexibility index (Phi) is 10.2. The van der Waals surface area contributed by atoms with Crippen molar-refractivity contribution in [1.29, 1.82) is 0 Å². The average molecular weight is 458 g/mol. The van der Waals surface area contributed by atoms with Crippen LogP contribution in [0.3, 0.4) is 0 Å². The van der Waals surface area contributed by atoms with E-state index in [0.717, 1.165) is 24.2 Å². The molecule has 33 heavy (non-hydrogen) atoms. The van der Waals surface area contributed by atoms with E-state index in [4.69, 9.17) is 10.5 Å². The summed E-state index contributed by atoms with van der Waals surface area (Å²) in [6, 6.07) is 7.77. The number of allylic oxidation sites excluding steroid dienone is 3. The van der Waals surface area contributed by atoms with E-state index >= 15 is 0 Å². The van der Waals surface area contributed by atoms with E-state index in [9.17, 15) is 14.0 Å². The van der Waals surface area contributed by atoms with E-state index in [1.165, 1.54) is 6.08 Å². The summed E-state index contributed by atoms with van der Waals surface area (Å²) in [6.45, 7) is 12.9. The van der Waals surface area contributed by atoms with Gasteiger partial charge in [-0.1, -0.05) is 31.4 Å². The molecule has 0 bridgehead atoms. The van der Waals surface area contributed by atoms with Gasteiger partial charge in [0, 0.05) is 38.0 Å². The van der Waals surface area contributed by atoms with Crippen LogP contribution >= 0.6 is 0 Å². The molecular weight excluding hydrogens is 421 g/mol. The van der Waals surface area contributed by atoms with Crippen LogP contribution in [0.15, 0.2) is 61.1 Å². The minimum Gasteiger partial charge on any atom is -0.494 e. The molecule has 2 rings (SSSR count). The molecule has 6 nitrogen and oxygen atoms in total. The second-order valence-electron chi connectivity index (χ2n) is 8.36. The number of hydrogen-bond donors (Lipinski definition) is 1. The van der Waals surface area contributed by atoms with Crippen molar-refractivity contribution in [2.45, 2.75) is 45.6 Å². The fourth-order valence-electron chi connectivity index (χ4n) is 4.24. The average Bonchev–Trinajstić information content (AvgIpc) is 2.77. The molecule has 1 fully saturated rings. The summed E-state index contributed by atoms with van der Waals surface area (Å²) in [6.07, 6.45) is 5.27. The highest BCUT2D eigenvalue weighted by Gasteiger charge is 2.33. The van der Waals surface area contributed by atoms with Gasteiger partial charge in [0.15, 0.2) is 0 Å². The predicted molar refractivity (Wildman–Crippen MR) is 129 cm³/mol. The van der Waals surface area contributed by atoms with Gasteiger partial charge in [-0.05, 0) is 56.9 Å². The SMILES string of the molecule is C=C/C=C(\C(=C)F)N1CCN(C(=O)[C@@H](CCCc2ccc(OCC)cc2)CC(N)=O)[C@H](C)C1. The summed E-state index contributed by atoms with van der Waals surface area (Å²) in [5.41, 5.74) is 6.99. The maximum atomic E-state index is 13.8. The fourth-order valence-corrected chi connectivity index (χ4v) is 4.24. The predicted octanol–water partition coefficient (Wildman–Crippen LogP) is 3.99. The molecule has 0 aliphatic carbocycles. The highest BCUT2D eigenvalue weighted by molar-refractivity contribution is 5.85. The number of piperazine rings is 1. The van der Waals surface area contributed by atoms with Gasteiger partial charge in [0.05, 0.1) is 12.3 Å². The molecule has 180 valence electrons. The molecule has 0 aromatic heterocycles. The second-order valence-corrected chi connectivity index (χ2v) is 8.36. The normalized spacial score (nSPS) is 17.4. The third-order valence-corrected chi connectivity index (χ3v) is 5.85. The fraction of sp³-hybridized carbons (Fsp3) is 0.462. The van der Waals surface area contributed by atoms with E-state index in [1.54, 1.807) is 11.0 Å². The summed E-state index contributed by atoms with van der Waals surface area (Å²) < 4.78 is 19.3. The molecule has 1 heterocycles. The lowest BCUT2D eigenvalue weighted by molar-refractivity contribution is -0.142. The molecule has 7 heteroatoms. The van der Waals surface area contributed by atoms with Crippen LogP contribution in [-0.2, 0) is 16.0 Å². The number of halogens is 1. The summed E-state index contributed by atoms with van der Waals surface area (Å²) in [5, 5.41) is 0. The molecule has 2 amide bonds. The Bertz CT molecular complexity index is 866. The first kappa shape index (κ1) is 26.2. The quantitative estimate of drug-likeness (QED) is 0.482. The third-order valence-electron chi connectivity index (χ3n) is 5.85. The first-order valence-electron chi connectivity index (χ1n) is 11.5. The standard InChI is InChI=1S/C26H36FN3O3/c1-5-8-24(20(4)27)29-15-16-30(19(3)18-29)26(32)22(17-25(28)31)10-7-9-21-11-13-23(14-12-21)33-6-2/h5,8,11-14,19,22H,1,4,6-7,9-10,15-18H2,2-3H3,(H2,28,31)/b24-8+/t19-,22+/m1/s1. The Morgan fingerprint density at radius 2 is 2.00 bits per heavy atom. The molecular formula is C26H36FN3O3. The Morgan fingerprint density at radius 1 is 1.30 bits per heavy atom. The molecule has 0 saturated carbocycles. The minimum absolute atomic E-state index is 0.0257. The van der Waals surface area contributed by atoms with Gasteiger partial charge in [0.25, 0.3) is 0 Å². The largest absolute Gasteiger partial charge is 0.494 e. The van der Waals surface area contributed by atoms with Crippen molar-refractivity contribution < 1.29 is 18.7 Å². The van der Waals surface area contributed by atoms with Gasteiger partial charge >= 0.3 is 0 Å². The van der Waals surface area contributed by atoms with Crippen LogP contribution in [0.4, 0.5) is 4.39 Å². The number of ether oxygens (including phenoxy) is 1. The molecule has 0 unspecified atom stereocenters. The number of hydrogen-bond acceptors (Lipinski definition) is 4. The lowest BCUT2D eigenvalue weighted by Gasteiger charge is -2.42. The number of aryl methyl sites for hydroxylation is 1. The lowest BCUT2D eigenvalue weighted by atomic mass is 9.94. The number of benzene rings is 1. The van der Waals surface area contributed by atoms with Crippen molar-refractivity contribution in [1.82, 2.24) is 9.80 Å². The Labute approximate surface area is 196 Å². The van der Waals surface area contributed by atoms with Gasteiger partial charge < -0.3 is 20.3 Å². The number of rotatable bonds is 12. The molecule has 1 aromatic rings. The van der Waals surface area contributed by atoms with E-state index in [2.05, 4.69) is 13.2 Å². The molecule has 1 aliphatic heterocycles. The summed E-state index contributed by atoms with van der Waals surface area (Å²) in [4.78, 5) is 28.6. The maximum absolute atomic E-state index is 13.8. The number of nitrogens with zero attached hydrogens (tertiary/aromatic N) is 2. The zero-order valence-corrected chi connectivity index (χ0v) is 19.8. The van der Waals surface area contributed by atoms with Gasteiger partial charge in [0.2, 0.25) is 11.8 Å². The van der Waals surface area contributed by atoms with E-state index in [0.29, 0.717) is 38.4 Å². The van der Waals surface area contributed by atoms with E-state index in [-0.39, 0.29) is 18.4 Å². The van der Waals surface area contributed by atoms with Crippen LogP contribution in [0.2, 0.25) is 0 Å². The number of nitrogens with two attached hydrogens (primary N) is 1. The second kappa shape index (κ2) is 12.8. The Morgan fingerprint density at radius 3 is 2.55 bits per heavy atom. The zero-order chi connectivity index (χ0) is 24.4. The van der Waals surface area contributed by atoms with Crippen molar-refractivity contribution >= 4 is 11.8 Å². The van der Waals surface area contributed by atoms with Gasteiger partial charge in [-0.2, -0.15) is 0 Å². The van der Waals surface area contributed by atoms with Gasteiger partial charge in [-0.25, -0.2) is 4.39 Å². The topological polar surface area (TPSA) is 75.9 Å². The number of carbonyl (C=O) groups is 2. The monoisotopic (exact) mass is 457 g/mol. The van der Waals surface area contributed by atoms with Crippen molar-refractivity contribution in [2.75, 3.05) is 26.2 Å². The van der Waals surface area contributed by atoms with Crippen molar-refractivity contribution in [3.8, 4) is 5.75 Å². The third kappa shape index (κ3) is 7.77. The lowest BCUT2D eigenvalue weighted by Crippen LogP contribution is -2.55. The van der Waals surface area contributed by atoms with Gasteiger partial charge in [-0.15, -0.1) is 0 Å². The Hall–Kier alpha value is -3.09. The summed E-state index contributed by atoms with van der Waals surface area (Å²) >= 11 is 0. The zero-order valence-electron chi connectivity index (χ0n) is 19.8. The van der Waals surface area contributed by atoms with Crippen molar-refractivity contribution in [2.24, 2.45) is 11.7 Å². The molecule has 0 spiro atoms.